The van der Waals surface area contributed by atoms with Crippen LogP contribution in [0.25, 0.3) is 0 Å². The Morgan fingerprint density at radius 2 is 2.10 bits per heavy atom. The minimum Gasteiger partial charge on any atom is -0.370 e. The van der Waals surface area contributed by atoms with Crippen LogP contribution in [0.1, 0.15) is 5.69 Å². The van der Waals surface area contributed by atoms with E-state index in [2.05, 4.69) is 25.6 Å². The van der Waals surface area contributed by atoms with Crippen LogP contribution in [0, 0.1) is 0 Å². The number of halogens is 1. The number of thioether (sulfide) groups is 2. The Morgan fingerprint density at radius 3 is 2.85 bits per heavy atom. The van der Waals surface area contributed by atoms with E-state index in [4.69, 9.17) is 5.73 Å². The lowest BCUT2D eigenvalue weighted by Gasteiger charge is -2.27. The first-order valence-electron chi connectivity index (χ1n) is 6.64. The van der Waals surface area contributed by atoms with Gasteiger partial charge in [-0.25, -0.2) is 4.98 Å². The molecule has 1 aromatic rings. The molecule has 2 aliphatic heterocycles. The molecule has 0 saturated carbocycles. The van der Waals surface area contributed by atoms with Gasteiger partial charge in [0.15, 0.2) is 11.1 Å². The number of fused-ring (bicyclic) bond motifs is 1. The van der Waals surface area contributed by atoms with Crippen molar-refractivity contribution in [3.05, 3.63) is 11.9 Å². The predicted octanol–water partition coefficient (Wildman–Crippen LogP) is 1.51. The Bertz CT molecular complexity index is 449. The first-order valence-corrected chi connectivity index (χ1v) is 8.78. The molecule has 0 atom stereocenters. The fraction of sp³-hybridized carbons (Fsp3) is 0.667. The molecule has 0 radical (unpaired) electrons. The van der Waals surface area contributed by atoms with E-state index in [1.165, 1.54) is 0 Å². The largest absolute Gasteiger partial charge is 0.370 e. The van der Waals surface area contributed by atoms with Crippen LogP contribution >= 0.6 is 47.5 Å². The van der Waals surface area contributed by atoms with Crippen molar-refractivity contribution in [3.8, 4) is 0 Å². The van der Waals surface area contributed by atoms with Crippen molar-refractivity contribution in [3.63, 3.8) is 0 Å². The normalized spacial score (nSPS) is 18.8. The summed E-state index contributed by atoms with van der Waals surface area (Å²) in [4.78, 5) is 11.3. The van der Waals surface area contributed by atoms with Crippen molar-refractivity contribution in [2.45, 2.75) is 18.1 Å². The van der Waals surface area contributed by atoms with E-state index < -0.39 is 0 Å². The molecule has 3 rings (SSSR count). The number of rotatable bonds is 3. The van der Waals surface area contributed by atoms with Crippen molar-refractivity contribution in [2.75, 3.05) is 36.9 Å². The number of guanidine groups is 1. The molecular formula is C12H20IN5S2. The van der Waals surface area contributed by atoms with E-state index in [1.54, 1.807) is 0 Å². The highest BCUT2D eigenvalue weighted by atomic mass is 127. The van der Waals surface area contributed by atoms with E-state index in [0.29, 0.717) is 5.96 Å². The van der Waals surface area contributed by atoms with Crippen molar-refractivity contribution in [2.24, 2.45) is 10.7 Å². The molecule has 0 aromatic carbocycles. The minimum atomic E-state index is 0. The second kappa shape index (κ2) is 7.79. The third-order valence-corrected chi connectivity index (χ3v) is 5.24. The zero-order valence-corrected chi connectivity index (χ0v) is 15.3. The summed E-state index contributed by atoms with van der Waals surface area (Å²) in [6, 6.07) is 0. The van der Waals surface area contributed by atoms with E-state index in [-0.39, 0.29) is 24.0 Å². The predicted molar refractivity (Wildman–Crippen MR) is 97.5 cm³/mol. The fourth-order valence-corrected chi connectivity index (χ4v) is 4.12. The molecule has 5 nitrogen and oxygen atoms in total. The maximum Gasteiger partial charge on any atom is 0.191 e. The average Bonchev–Trinajstić information content (AvgIpc) is 3.00. The highest BCUT2D eigenvalue weighted by Gasteiger charge is 2.14. The van der Waals surface area contributed by atoms with E-state index >= 15 is 0 Å². The lowest BCUT2D eigenvalue weighted by molar-refractivity contribution is 0.456. The molecule has 0 aliphatic carbocycles. The van der Waals surface area contributed by atoms with Gasteiger partial charge in [-0.1, -0.05) is 11.8 Å². The summed E-state index contributed by atoms with van der Waals surface area (Å²) in [5.74, 6) is 4.16. The minimum absolute atomic E-state index is 0. The molecule has 8 heteroatoms. The van der Waals surface area contributed by atoms with Gasteiger partial charge in [0, 0.05) is 56.1 Å². The zero-order chi connectivity index (χ0) is 13.1. The summed E-state index contributed by atoms with van der Waals surface area (Å²) >= 11 is 3.81. The third-order valence-electron chi connectivity index (χ3n) is 3.33. The Hall–Kier alpha value is -0.0900. The van der Waals surface area contributed by atoms with Gasteiger partial charge in [0.2, 0.25) is 0 Å². The van der Waals surface area contributed by atoms with Gasteiger partial charge < -0.3 is 15.2 Å². The summed E-state index contributed by atoms with van der Waals surface area (Å²) in [6.45, 7) is 3.87. The molecule has 0 spiro atoms. The van der Waals surface area contributed by atoms with Crippen LogP contribution in [-0.2, 0) is 13.0 Å². The number of aliphatic imine (C=N–C) groups is 1. The summed E-state index contributed by atoms with van der Waals surface area (Å²) in [7, 11) is 0. The second-order valence-corrected chi connectivity index (χ2v) is 6.93. The molecule has 1 fully saturated rings. The smallest absolute Gasteiger partial charge is 0.191 e. The van der Waals surface area contributed by atoms with Gasteiger partial charge in [0.1, 0.15) is 0 Å². The van der Waals surface area contributed by atoms with Crippen LogP contribution in [0.4, 0.5) is 0 Å². The first-order chi connectivity index (χ1) is 9.33. The molecule has 0 bridgehead atoms. The van der Waals surface area contributed by atoms with Crippen LogP contribution in [-0.4, -0.2) is 57.3 Å². The van der Waals surface area contributed by atoms with Crippen molar-refractivity contribution in [1.82, 2.24) is 14.5 Å². The Morgan fingerprint density at radius 1 is 1.30 bits per heavy atom. The number of aromatic nitrogens is 2. The van der Waals surface area contributed by atoms with Gasteiger partial charge in [-0.05, 0) is 0 Å². The average molecular weight is 425 g/mol. The second-order valence-electron chi connectivity index (χ2n) is 4.65. The Labute approximate surface area is 145 Å². The zero-order valence-electron chi connectivity index (χ0n) is 11.3. The van der Waals surface area contributed by atoms with Gasteiger partial charge >= 0.3 is 0 Å². The van der Waals surface area contributed by atoms with E-state index in [0.717, 1.165) is 60.7 Å². The van der Waals surface area contributed by atoms with Gasteiger partial charge in [-0.2, -0.15) is 11.8 Å². The molecular weight excluding hydrogens is 405 g/mol. The number of hydrogen-bond acceptors (Lipinski definition) is 4. The number of imidazole rings is 1. The number of aryl methyl sites for hydroxylation is 1. The lowest BCUT2D eigenvalue weighted by atomic mass is 10.3. The fourth-order valence-electron chi connectivity index (χ4n) is 2.26. The summed E-state index contributed by atoms with van der Waals surface area (Å²) in [6.07, 6.45) is 3.03. The van der Waals surface area contributed by atoms with Crippen molar-refractivity contribution in [1.29, 1.82) is 0 Å². The van der Waals surface area contributed by atoms with E-state index in [1.807, 2.05) is 23.5 Å². The maximum atomic E-state index is 6.02. The van der Waals surface area contributed by atoms with Crippen molar-refractivity contribution >= 4 is 53.5 Å². The molecule has 20 heavy (non-hydrogen) atoms. The van der Waals surface area contributed by atoms with Gasteiger partial charge in [-0.15, -0.1) is 24.0 Å². The van der Waals surface area contributed by atoms with Crippen LogP contribution in [0.15, 0.2) is 16.3 Å². The summed E-state index contributed by atoms with van der Waals surface area (Å²) in [5, 5.41) is 1.15. The number of hydrogen-bond donors (Lipinski definition) is 1. The molecule has 1 saturated heterocycles. The highest BCUT2D eigenvalue weighted by molar-refractivity contribution is 14.0. The molecule has 112 valence electrons. The van der Waals surface area contributed by atoms with E-state index in [9.17, 15) is 0 Å². The quantitative estimate of drug-likeness (QED) is 0.452. The molecule has 2 aliphatic rings. The molecule has 3 heterocycles. The standard InChI is InChI=1S/C12H19N5S2.HI/c13-11(16-3-6-18-7-4-16)14-2-1-10-9-17-5-8-19-12(17)15-10;/h9H,1-8H2,(H2,13,14);1H. The van der Waals surface area contributed by atoms with Gasteiger partial charge in [0.05, 0.1) is 5.69 Å². The molecule has 0 amide bonds. The van der Waals surface area contributed by atoms with Crippen LogP contribution in [0.3, 0.4) is 0 Å². The summed E-state index contributed by atoms with van der Waals surface area (Å²) in [5.41, 5.74) is 7.15. The Kier molecular flexibility index (Phi) is 6.34. The lowest BCUT2D eigenvalue weighted by Crippen LogP contribution is -2.42. The van der Waals surface area contributed by atoms with Gasteiger partial charge in [-0.3, -0.25) is 4.99 Å². The Balaban J connectivity index is 0.00000147. The first kappa shape index (κ1) is 16.3. The maximum absolute atomic E-state index is 6.02. The van der Waals surface area contributed by atoms with Crippen molar-refractivity contribution < 1.29 is 0 Å². The molecule has 1 aromatic heterocycles. The monoisotopic (exact) mass is 425 g/mol. The molecule has 0 unspecified atom stereocenters. The highest BCUT2D eigenvalue weighted by Crippen LogP contribution is 2.24. The number of nitrogens with zero attached hydrogens (tertiary/aromatic N) is 4. The van der Waals surface area contributed by atoms with Crippen LogP contribution in [0.5, 0.6) is 0 Å². The summed E-state index contributed by atoms with van der Waals surface area (Å²) < 4.78 is 2.23. The SMILES string of the molecule is I.NC(=NCCc1cn2c(n1)SCC2)N1CCSCC1. The van der Waals surface area contributed by atoms with Crippen LogP contribution < -0.4 is 5.73 Å². The third kappa shape index (κ3) is 3.97. The molecule has 2 N–H and O–H groups in total. The van der Waals surface area contributed by atoms with Gasteiger partial charge in [0.25, 0.3) is 0 Å². The topological polar surface area (TPSA) is 59.4 Å². The number of nitrogens with two attached hydrogens (primary N) is 1. The van der Waals surface area contributed by atoms with Crippen LogP contribution in [0.2, 0.25) is 0 Å².